The van der Waals surface area contributed by atoms with Crippen LogP contribution in [-0.4, -0.2) is 60.7 Å². The van der Waals surface area contributed by atoms with Crippen LogP contribution in [0.15, 0.2) is 58.6 Å². The maximum Gasteiger partial charge on any atom is 0.410 e. The molecule has 1 saturated heterocycles. The summed E-state index contributed by atoms with van der Waals surface area (Å²) >= 11 is 0. The van der Waals surface area contributed by atoms with Crippen LogP contribution in [0.3, 0.4) is 0 Å². The Kier molecular flexibility index (Phi) is 5.62. The fourth-order valence-electron chi connectivity index (χ4n) is 3.86. The number of pyridine rings is 1. The van der Waals surface area contributed by atoms with Gasteiger partial charge < -0.3 is 19.1 Å². The maximum absolute atomic E-state index is 13.3. The van der Waals surface area contributed by atoms with Gasteiger partial charge in [-0.1, -0.05) is 18.2 Å². The number of ether oxygens (including phenoxy) is 1. The number of amides is 1. The fraction of sp³-hybridized carbons (Fsp3) is 0.391. The number of sulfone groups is 1. The maximum atomic E-state index is 13.3. The van der Waals surface area contributed by atoms with Crippen molar-refractivity contribution in [2.24, 2.45) is 7.05 Å². The minimum atomic E-state index is -3.70. The van der Waals surface area contributed by atoms with Crippen LogP contribution in [-0.2, 0) is 21.6 Å². The molecule has 3 heterocycles. The number of nitrogens with zero attached hydrogens (tertiary/aromatic N) is 4. The fourth-order valence-corrected chi connectivity index (χ4v) is 5.32. The first-order chi connectivity index (χ1) is 15.1. The Bertz CT molecular complexity index is 1190. The molecule has 32 heavy (non-hydrogen) atoms. The largest absolute Gasteiger partial charge is 0.444 e. The third-order valence-corrected chi connectivity index (χ3v) is 7.21. The molecule has 170 valence electrons. The zero-order chi connectivity index (χ0) is 23.1. The number of hydrogen-bond acceptors (Lipinski definition) is 6. The molecular formula is C23H28N4O4S. The number of carbonyl (C=O) groups is 1. The minimum absolute atomic E-state index is 0.190. The molecule has 1 amide bonds. The molecule has 9 heteroatoms. The van der Waals surface area contributed by atoms with E-state index in [4.69, 9.17) is 4.74 Å². The lowest BCUT2D eigenvalue weighted by atomic mass is 10.2. The van der Waals surface area contributed by atoms with Crippen molar-refractivity contribution >= 4 is 21.6 Å². The molecule has 3 aliphatic rings. The van der Waals surface area contributed by atoms with E-state index in [0.717, 1.165) is 5.69 Å². The van der Waals surface area contributed by atoms with Gasteiger partial charge in [0.2, 0.25) is 9.84 Å². The second kappa shape index (κ2) is 8.12. The van der Waals surface area contributed by atoms with Gasteiger partial charge in [0.15, 0.2) is 0 Å². The first kappa shape index (κ1) is 22.1. The van der Waals surface area contributed by atoms with E-state index in [9.17, 15) is 13.2 Å². The van der Waals surface area contributed by atoms with E-state index < -0.39 is 15.4 Å². The number of rotatable bonds is 3. The van der Waals surface area contributed by atoms with Crippen molar-refractivity contribution in [3.8, 4) is 11.4 Å². The van der Waals surface area contributed by atoms with Crippen molar-refractivity contribution in [3.05, 3.63) is 48.8 Å². The van der Waals surface area contributed by atoms with Gasteiger partial charge in [-0.05, 0) is 39.0 Å². The molecule has 0 aliphatic carbocycles. The van der Waals surface area contributed by atoms with Gasteiger partial charge in [0.1, 0.15) is 16.2 Å². The van der Waals surface area contributed by atoms with E-state index in [1.54, 1.807) is 39.8 Å². The van der Waals surface area contributed by atoms with Crippen LogP contribution >= 0.6 is 0 Å². The summed E-state index contributed by atoms with van der Waals surface area (Å²) in [6, 6.07) is 10.3. The number of carbonyl (C=O) groups excluding carboxylic acids is 1. The Labute approximate surface area is 188 Å². The number of piperazine rings is 1. The summed E-state index contributed by atoms with van der Waals surface area (Å²) < 4.78 is 33.8. The molecule has 0 spiro atoms. The molecule has 0 aromatic heterocycles. The third kappa shape index (κ3) is 4.17. The van der Waals surface area contributed by atoms with Crippen molar-refractivity contribution in [2.75, 3.05) is 31.1 Å². The van der Waals surface area contributed by atoms with Crippen LogP contribution in [0.4, 0.5) is 10.5 Å². The highest BCUT2D eigenvalue weighted by atomic mass is 32.2. The molecule has 4 rings (SSSR count). The lowest BCUT2D eigenvalue weighted by Crippen LogP contribution is -2.50. The Morgan fingerprint density at radius 1 is 1.03 bits per heavy atom. The van der Waals surface area contributed by atoms with Gasteiger partial charge in [-0.15, -0.1) is 0 Å². The molecule has 0 atom stereocenters. The van der Waals surface area contributed by atoms with E-state index in [-0.39, 0.29) is 15.9 Å². The Hall–Kier alpha value is -3.07. The highest BCUT2D eigenvalue weighted by molar-refractivity contribution is 7.91. The number of benzene rings is 1. The van der Waals surface area contributed by atoms with Gasteiger partial charge in [0, 0.05) is 45.6 Å². The van der Waals surface area contributed by atoms with Crippen molar-refractivity contribution in [1.82, 2.24) is 14.5 Å². The standard InChI is InChI=1S/C23H28N4O4S/c1-23(2,3)31-22(28)27-14-12-26(13-15-27)18-10-11-25(4)21-19(16-24-20(18)21)32(29,30)17-8-6-5-7-9-17/h5-11,16H,12-15H2,1-4H3. The van der Waals surface area contributed by atoms with Gasteiger partial charge in [-0.25, -0.2) is 13.2 Å². The van der Waals surface area contributed by atoms with Crippen molar-refractivity contribution in [2.45, 2.75) is 36.2 Å². The predicted molar refractivity (Wildman–Crippen MR) is 122 cm³/mol. The van der Waals surface area contributed by atoms with Crippen LogP contribution in [0.25, 0.3) is 11.4 Å². The topological polar surface area (TPSA) is 84.7 Å². The predicted octanol–water partition coefficient (Wildman–Crippen LogP) is 3.41. The monoisotopic (exact) mass is 456 g/mol. The Morgan fingerprint density at radius 2 is 1.69 bits per heavy atom. The second-order valence-corrected chi connectivity index (χ2v) is 10.8. The number of aromatic nitrogens is 2. The molecule has 1 aromatic rings. The van der Waals surface area contributed by atoms with Gasteiger partial charge in [-0.3, -0.25) is 4.98 Å². The lowest BCUT2D eigenvalue weighted by Gasteiger charge is -2.37. The molecule has 0 unspecified atom stereocenters. The van der Waals surface area contributed by atoms with Crippen molar-refractivity contribution in [1.29, 1.82) is 0 Å². The van der Waals surface area contributed by atoms with E-state index >= 15 is 0 Å². The van der Waals surface area contributed by atoms with E-state index in [1.165, 1.54) is 6.20 Å². The van der Waals surface area contributed by atoms with E-state index in [2.05, 4.69) is 9.88 Å². The van der Waals surface area contributed by atoms with Gasteiger partial charge in [0.05, 0.1) is 16.3 Å². The zero-order valence-electron chi connectivity index (χ0n) is 18.8. The summed E-state index contributed by atoms with van der Waals surface area (Å²) in [6.45, 7) is 7.81. The molecule has 8 nitrogen and oxygen atoms in total. The van der Waals surface area contributed by atoms with E-state index in [0.29, 0.717) is 37.6 Å². The highest BCUT2D eigenvalue weighted by Gasteiger charge is 2.31. The summed E-state index contributed by atoms with van der Waals surface area (Å²) in [5.41, 5.74) is 1.53. The molecule has 0 N–H and O–H groups in total. The molecular weight excluding hydrogens is 428 g/mol. The molecule has 1 fully saturated rings. The number of hydrogen-bond donors (Lipinski definition) is 0. The van der Waals surface area contributed by atoms with Crippen LogP contribution in [0, 0.1) is 0 Å². The molecule has 1 aromatic carbocycles. The van der Waals surface area contributed by atoms with E-state index in [1.807, 2.05) is 40.1 Å². The number of anilines is 1. The summed E-state index contributed by atoms with van der Waals surface area (Å²) in [5.74, 6) is 0. The van der Waals surface area contributed by atoms with Crippen LogP contribution < -0.4 is 4.90 Å². The van der Waals surface area contributed by atoms with Gasteiger partial charge in [-0.2, -0.15) is 0 Å². The normalized spacial score (nSPS) is 15.2. The SMILES string of the molecule is Cn1ccc(N2CCN(C(=O)OC(C)(C)C)CC2)c2ncc(S(=O)(=O)c3ccccc3)c1-2. The van der Waals surface area contributed by atoms with Gasteiger partial charge >= 0.3 is 6.09 Å². The van der Waals surface area contributed by atoms with Crippen molar-refractivity contribution in [3.63, 3.8) is 0 Å². The first-order valence-electron chi connectivity index (χ1n) is 10.5. The molecule has 3 aliphatic heterocycles. The average Bonchev–Trinajstić information content (AvgIpc) is 3.21. The minimum Gasteiger partial charge on any atom is -0.444 e. The smallest absolute Gasteiger partial charge is 0.410 e. The average molecular weight is 457 g/mol. The van der Waals surface area contributed by atoms with Crippen LogP contribution in [0.2, 0.25) is 0 Å². The second-order valence-electron chi connectivity index (χ2n) is 8.90. The summed E-state index contributed by atoms with van der Waals surface area (Å²) in [4.78, 5) is 21.1. The Balaban J connectivity index is 1.59. The van der Waals surface area contributed by atoms with Crippen molar-refractivity contribution < 1.29 is 17.9 Å². The number of fused-ring (bicyclic) bond motifs is 1. The molecule has 0 bridgehead atoms. The zero-order valence-corrected chi connectivity index (χ0v) is 19.6. The Morgan fingerprint density at radius 3 is 2.31 bits per heavy atom. The van der Waals surface area contributed by atoms with Crippen LogP contribution in [0.5, 0.6) is 0 Å². The molecule has 0 saturated carbocycles. The highest BCUT2D eigenvalue weighted by Crippen LogP contribution is 2.38. The first-order valence-corrected chi connectivity index (χ1v) is 12.0. The quantitative estimate of drug-likeness (QED) is 0.601. The lowest BCUT2D eigenvalue weighted by molar-refractivity contribution is 0.0240. The third-order valence-electron chi connectivity index (χ3n) is 5.44. The summed E-state index contributed by atoms with van der Waals surface area (Å²) in [6.07, 6.45) is 2.97. The van der Waals surface area contributed by atoms with Crippen LogP contribution in [0.1, 0.15) is 20.8 Å². The summed E-state index contributed by atoms with van der Waals surface area (Å²) in [7, 11) is -1.88. The number of aryl methyl sites for hydroxylation is 1. The summed E-state index contributed by atoms with van der Waals surface area (Å²) in [5, 5.41) is 0. The molecule has 0 radical (unpaired) electrons. The van der Waals surface area contributed by atoms with Gasteiger partial charge in [0.25, 0.3) is 0 Å².